The summed E-state index contributed by atoms with van der Waals surface area (Å²) in [6, 6.07) is 0. The molecule has 0 saturated carbocycles. The molecule has 1 N–H and O–H groups in total. The number of ketones is 1. The van der Waals surface area contributed by atoms with Crippen LogP contribution in [0.2, 0.25) is 0 Å². The van der Waals surface area contributed by atoms with E-state index in [4.69, 9.17) is 9.84 Å². The Morgan fingerprint density at radius 2 is 1.59 bits per heavy atom. The molecule has 1 atom stereocenters. The lowest BCUT2D eigenvalue weighted by Crippen LogP contribution is -2.14. The van der Waals surface area contributed by atoms with Crippen LogP contribution in [0.3, 0.4) is 0 Å². The zero-order chi connectivity index (χ0) is 12.9. The van der Waals surface area contributed by atoms with Crippen molar-refractivity contribution in [2.45, 2.75) is 70.8 Å². The maximum Gasteiger partial charge on any atom is 0.129 e. The molecule has 1 unspecified atom stereocenters. The van der Waals surface area contributed by atoms with E-state index in [1.807, 2.05) is 0 Å². The summed E-state index contributed by atoms with van der Waals surface area (Å²) in [4.78, 5) is 10.7. The van der Waals surface area contributed by atoms with Crippen molar-refractivity contribution < 1.29 is 14.6 Å². The molecule has 0 aliphatic heterocycles. The predicted molar refractivity (Wildman–Crippen MR) is 70.1 cm³/mol. The number of methoxy groups -OCH3 is 1. The second-order valence-electron chi connectivity index (χ2n) is 4.76. The third-order valence-electron chi connectivity index (χ3n) is 3.09. The number of ether oxygens (including phenoxy) is 1. The third-order valence-corrected chi connectivity index (χ3v) is 3.09. The van der Waals surface area contributed by atoms with E-state index in [2.05, 4.69) is 0 Å². The first-order valence-electron chi connectivity index (χ1n) is 6.83. The number of aliphatic hydroxyl groups excluding tert-OH is 1. The maximum atomic E-state index is 10.7. The molecule has 102 valence electrons. The quantitative estimate of drug-likeness (QED) is 0.537. The lowest BCUT2D eigenvalue weighted by atomic mass is 10.1. The Balaban J connectivity index is 3.10. The minimum Gasteiger partial charge on any atom is -0.394 e. The average molecular weight is 244 g/mol. The molecule has 17 heavy (non-hydrogen) atoms. The first-order chi connectivity index (χ1) is 8.20. The molecular weight excluding hydrogens is 216 g/mol. The summed E-state index contributed by atoms with van der Waals surface area (Å²) in [7, 11) is 1.65. The number of Topliss-reactive ketones (excluding diaryl/α,β-unsaturated/α-hetero) is 1. The highest BCUT2D eigenvalue weighted by atomic mass is 16.5. The fourth-order valence-corrected chi connectivity index (χ4v) is 1.91. The molecule has 0 amide bonds. The molecule has 3 nitrogen and oxygen atoms in total. The zero-order valence-corrected chi connectivity index (χ0v) is 11.4. The van der Waals surface area contributed by atoms with Gasteiger partial charge in [-0.25, -0.2) is 0 Å². The van der Waals surface area contributed by atoms with Gasteiger partial charge in [0.25, 0.3) is 0 Å². The van der Waals surface area contributed by atoms with Crippen molar-refractivity contribution in [3.8, 4) is 0 Å². The van der Waals surface area contributed by atoms with Crippen LogP contribution in [0.4, 0.5) is 0 Å². The Labute approximate surface area is 106 Å². The largest absolute Gasteiger partial charge is 0.394 e. The van der Waals surface area contributed by atoms with Crippen molar-refractivity contribution >= 4 is 5.78 Å². The zero-order valence-electron chi connectivity index (χ0n) is 11.4. The monoisotopic (exact) mass is 244 g/mol. The predicted octanol–water partition coefficient (Wildman–Crippen LogP) is 3.09. The van der Waals surface area contributed by atoms with E-state index in [1.54, 1.807) is 14.0 Å². The number of carbonyl (C=O) groups excluding carboxylic acids is 1. The number of carbonyl (C=O) groups is 1. The van der Waals surface area contributed by atoms with Crippen LogP contribution in [0.25, 0.3) is 0 Å². The van der Waals surface area contributed by atoms with Gasteiger partial charge in [0.2, 0.25) is 0 Å². The molecular formula is C14H28O3. The van der Waals surface area contributed by atoms with Crippen LogP contribution in [-0.4, -0.2) is 30.7 Å². The van der Waals surface area contributed by atoms with E-state index in [9.17, 15) is 4.79 Å². The molecule has 0 aromatic rings. The van der Waals surface area contributed by atoms with Gasteiger partial charge in [0.15, 0.2) is 0 Å². The topological polar surface area (TPSA) is 46.5 Å². The van der Waals surface area contributed by atoms with Gasteiger partial charge in [0.1, 0.15) is 5.78 Å². The molecule has 0 aromatic carbocycles. The lowest BCUT2D eigenvalue weighted by Gasteiger charge is -2.11. The Morgan fingerprint density at radius 1 is 1.06 bits per heavy atom. The number of aliphatic hydroxyl groups is 1. The van der Waals surface area contributed by atoms with Gasteiger partial charge in [-0.15, -0.1) is 0 Å². The Morgan fingerprint density at radius 3 is 2.06 bits per heavy atom. The minimum absolute atomic E-state index is 0.0190. The Bertz CT molecular complexity index is 176. The van der Waals surface area contributed by atoms with Crippen LogP contribution in [0.15, 0.2) is 0 Å². The Hall–Kier alpha value is -0.410. The summed E-state index contributed by atoms with van der Waals surface area (Å²) >= 11 is 0. The number of hydrogen-bond donors (Lipinski definition) is 1. The number of unbranched alkanes of at least 4 members (excludes halogenated alkanes) is 6. The van der Waals surface area contributed by atoms with Gasteiger partial charge in [-0.05, 0) is 19.8 Å². The fourth-order valence-electron chi connectivity index (χ4n) is 1.91. The lowest BCUT2D eigenvalue weighted by molar-refractivity contribution is -0.117. The normalized spacial score (nSPS) is 12.6. The molecule has 0 fully saturated rings. The summed E-state index contributed by atoms with van der Waals surface area (Å²) < 4.78 is 5.10. The molecule has 0 aliphatic rings. The van der Waals surface area contributed by atoms with Crippen LogP contribution in [0.1, 0.15) is 64.7 Å². The maximum absolute atomic E-state index is 10.7. The van der Waals surface area contributed by atoms with Gasteiger partial charge < -0.3 is 14.6 Å². The molecule has 0 saturated heterocycles. The van der Waals surface area contributed by atoms with Crippen molar-refractivity contribution in [1.82, 2.24) is 0 Å². The summed E-state index contributed by atoms with van der Waals surface area (Å²) in [6.07, 6.45) is 10.0. The summed E-state index contributed by atoms with van der Waals surface area (Å²) in [5.74, 6) is 0.305. The van der Waals surface area contributed by atoms with Gasteiger partial charge in [-0.3, -0.25) is 0 Å². The number of rotatable bonds is 12. The Kier molecular flexibility index (Phi) is 11.8. The van der Waals surface area contributed by atoms with E-state index < -0.39 is 0 Å². The molecule has 0 heterocycles. The van der Waals surface area contributed by atoms with E-state index in [0.29, 0.717) is 5.78 Å². The van der Waals surface area contributed by atoms with Crippen molar-refractivity contribution in [1.29, 1.82) is 0 Å². The molecule has 0 spiro atoms. The highest BCUT2D eigenvalue weighted by Crippen LogP contribution is 2.11. The van der Waals surface area contributed by atoms with Crippen LogP contribution >= 0.6 is 0 Å². The minimum atomic E-state index is 0.0190. The molecule has 0 aromatic heterocycles. The van der Waals surface area contributed by atoms with Crippen molar-refractivity contribution in [2.75, 3.05) is 13.7 Å². The molecule has 0 radical (unpaired) electrons. The van der Waals surface area contributed by atoms with Gasteiger partial charge in [-0.1, -0.05) is 38.5 Å². The van der Waals surface area contributed by atoms with Crippen molar-refractivity contribution in [3.05, 3.63) is 0 Å². The van der Waals surface area contributed by atoms with Crippen LogP contribution in [0.5, 0.6) is 0 Å². The summed E-state index contributed by atoms with van der Waals surface area (Å²) in [6.45, 7) is 1.79. The van der Waals surface area contributed by atoms with Gasteiger partial charge in [-0.2, -0.15) is 0 Å². The highest BCUT2D eigenvalue weighted by Gasteiger charge is 2.03. The average Bonchev–Trinajstić information content (AvgIpc) is 2.31. The number of hydrogen-bond acceptors (Lipinski definition) is 3. The van der Waals surface area contributed by atoms with E-state index in [1.165, 1.54) is 32.1 Å². The first-order valence-corrected chi connectivity index (χ1v) is 6.83. The van der Waals surface area contributed by atoms with Crippen molar-refractivity contribution in [3.63, 3.8) is 0 Å². The fraction of sp³-hybridized carbons (Fsp3) is 0.929. The molecule has 3 heteroatoms. The summed E-state index contributed by atoms with van der Waals surface area (Å²) in [5.41, 5.74) is 0. The van der Waals surface area contributed by atoms with E-state index in [-0.39, 0.29) is 12.7 Å². The summed E-state index contributed by atoms with van der Waals surface area (Å²) in [5, 5.41) is 8.92. The third kappa shape index (κ3) is 11.8. The van der Waals surface area contributed by atoms with Crippen LogP contribution in [-0.2, 0) is 9.53 Å². The molecule has 0 rings (SSSR count). The van der Waals surface area contributed by atoms with Crippen LogP contribution in [0, 0.1) is 0 Å². The highest BCUT2D eigenvalue weighted by molar-refractivity contribution is 5.75. The second-order valence-corrected chi connectivity index (χ2v) is 4.76. The van der Waals surface area contributed by atoms with Crippen molar-refractivity contribution in [2.24, 2.45) is 0 Å². The van der Waals surface area contributed by atoms with E-state index in [0.717, 1.165) is 25.7 Å². The standard InChI is InChI=1S/C14H28O3/c1-13(16)10-8-6-4-3-5-7-9-11-14(12-15)17-2/h14-15H,3-12H2,1-2H3. The van der Waals surface area contributed by atoms with Crippen LogP contribution < -0.4 is 0 Å². The molecule has 0 aliphatic carbocycles. The SMILES string of the molecule is COC(CO)CCCCCCCCCC(C)=O. The van der Waals surface area contributed by atoms with E-state index >= 15 is 0 Å². The molecule has 0 bridgehead atoms. The van der Waals surface area contributed by atoms with Gasteiger partial charge in [0, 0.05) is 13.5 Å². The second kappa shape index (κ2) is 12.1. The smallest absolute Gasteiger partial charge is 0.129 e. The van der Waals surface area contributed by atoms with Gasteiger partial charge in [0.05, 0.1) is 12.7 Å². The van der Waals surface area contributed by atoms with Gasteiger partial charge >= 0.3 is 0 Å². The first kappa shape index (κ1) is 16.6.